The second kappa shape index (κ2) is 10.4. The molecule has 1 saturated carbocycles. The SMILES string of the molecule is C[C@H](Sc1nc2ccccc2c(=O)n1-c1ccc(OC(F)F)cc1)C(=O)NC1(C#N)CCCCC1. The second-order valence-corrected chi connectivity index (χ2v) is 9.74. The summed E-state index contributed by atoms with van der Waals surface area (Å²) in [6.07, 6.45) is 4.02. The summed E-state index contributed by atoms with van der Waals surface area (Å²) in [5, 5.41) is 12.6. The van der Waals surface area contributed by atoms with E-state index in [9.17, 15) is 23.6 Å². The fourth-order valence-electron chi connectivity index (χ4n) is 4.16. The van der Waals surface area contributed by atoms with Gasteiger partial charge in [-0.15, -0.1) is 0 Å². The average Bonchev–Trinajstić information content (AvgIpc) is 2.85. The molecule has 0 spiro atoms. The standard InChI is InChI=1S/C25H24F2N4O3S/c1-16(21(32)30-25(15-28)13-5-2-6-14-25)35-24-29-20-8-4-3-7-19(20)22(33)31(24)17-9-11-18(12-10-17)34-23(26)27/h3-4,7-12,16,23H,2,5-6,13-14H2,1H3,(H,30,32)/t16-/m0/s1. The number of benzene rings is 2. The number of para-hydroxylation sites is 1. The Morgan fingerprint density at radius 1 is 1.17 bits per heavy atom. The summed E-state index contributed by atoms with van der Waals surface area (Å²) in [4.78, 5) is 31.0. The Morgan fingerprint density at radius 2 is 1.86 bits per heavy atom. The van der Waals surface area contributed by atoms with Crippen molar-refractivity contribution in [3.8, 4) is 17.5 Å². The van der Waals surface area contributed by atoms with E-state index in [1.165, 1.54) is 28.8 Å². The van der Waals surface area contributed by atoms with Crippen LogP contribution in [-0.2, 0) is 4.79 Å². The van der Waals surface area contributed by atoms with E-state index in [2.05, 4.69) is 21.1 Å². The largest absolute Gasteiger partial charge is 0.435 e. The molecular weight excluding hydrogens is 474 g/mol. The maximum atomic E-state index is 13.4. The maximum absolute atomic E-state index is 13.4. The number of carbonyl (C=O) groups is 1. The van der Waals surface area contributed by atoms with Crippen LogP contribution in [0.4, 0.5) is 8.78 Å². The molecular formula is C25H24F2N4O3S. The minimum absolute atomic E-state index is 0.0400. The van der Waals surface area contributed by atoms with Crippen LogP contribution in [0, 0.1) is 11.3 Å². The maximum Gasteiger partial charge on any atom is 0.387 e. The van der Waals surface area contributed by atoms with E-state index in [1.807, 2.05) is 0 Å². The van der Waals surface area contributed by atoms with Crippen molar-refractivity contribution >= 4 is 28.6 Å². The van der Waals surface area contributed by atoms with Crippen LogP contribution in [0.2, 0.25) is 0 Å². The monoisotopic (exact) mass is 498 g/mol. The van der Waals surface area contributed by atoms with Gasteiger partial charge >= 0.3 is 6.61 Å². The highest BCUT2D eigenvalue weighted by Gasteiger charge is 2.35. The number of ether oxygens (including phenoxy) is 1. The van der Waals surface area contributed by atoms with Crippen LogP contribution in [0.3, 0.4) is 0 Å². The molecule has 10 heteroatoms. The van der Waals surface area contributed by atoms with Crippen molar-refractivity contribution in [3.05, 3.63) is 58.9 Å². The number of nitrogens with one attached hydrogen (secondary N) is 1. The van der Waals surface area contributed by atoms with Gasteiger partial charge in [-0.2, -0.15) is 14.0 Å². The van der Waals surface area contributed by atoms with E-state index < -0.39 is 17.4 Å². The first-order valence-corrected chi connectivity index (χ1v) is 12.2. The van der Waals surface area contributed by atoms with Crippen molar-refractivity contribution in [1.29, 1.82) is 5.26 Å². The fraction of sp³-hybridized carbons (Fsp3) is 0.360. The fourth-order valence-corrected chi connectivity index (χ4v) is 5.09. The van der Waals surface area contributed by atoms with Crippen molar-refractivity contribution in [1.82, 2.24) is 14.9 Å². The molecule has 7 nitrogen and oxygen atoms in total. The van der Waals surface area contributed by atoms with Gasteiger partial charge in [0.05, 0.1) is 27.9 Å². The summed E-state index contributed by atoms with van der Waals surface area (Å²) in [5.41, 5.74) is -0.358. The Bertz CT molecular complexity index is 1320. The predicted octanol–water partition coefficient (Wildman–Crippen LogP) is 4.81. The zero-order chi connectivity index (χ0) is 25.0. The van der Waals surface area contributed by atoms with Crippen LogP contribution in [0.5, 0.6) is 5.75 Å². The lowest BCUT2D eigenvalue weighted by atomic mass is 9.83. The number of aromatic nitrogens is 2. The molecule has 1 heterocycles. The lowest BCUT2D eigenvalue weighted by Crippen LogP contribution is -2.51. The first-order valence-electron chi connectivity index (χ1n) is 11.3. The van der Waals surface area contributed by atoms with E-state index >= 15 is 0 Å². The molecule has 2 aromatic carbocycles. The molecule has 1 N–H and O–H groups in total. The van der Waals surface area contributed by atoms with E-state index in [4.69, 9.17) is 0 Å². The Hall–Kier alpha value is -3.45. The minimum atomic E-state index is -2.96. The van der Waals surface area contributed by atoms with E-state index in [-0.39, 0.29) is 22.4 Å². The molecule has 3 aromatic rings. The van der Waals surface area contributed by atoms with Gasteiger partial charge in [-0.05, 0) is 56.2 Å². The Kier molecular flexibility index (Phi) is 7.36. The molecule has 0 unspecified atom stereocenters. The molecule has 1 aliphatic carbocycles. The van der Waals surface area contributed by atoms with Crippen molar-refractivity contribution in [2.45, 2.75) is 61.6 Å². The van der Waals surface area contributed by atoms with E-state index in [1.54, 1.807) is 31.2 Å². The number of fused-ring (bicyclic) bond motifs is 1. The average molecular weight is 499 g/mol. The summed E-state index contributed by atoms with van der Waals surface area (Å²) in [6, 6.07) is 14.8. The molecule has 1 amide bonds. The lowest BCUT2D eigenvalue weighted by Gasteiger charge is -2.32. The molecule has 1 aliphatic rings. The van der Waals surface area contributed by atoms with Gasteiger partial charge in [0.1, 0.15) is 11.3 Å². The van der Waals surface area contributed by atoms with Crippen LogP contribution in [0.1, 0.15) is 39.0 Å². The third kappa shape index (κ3) is 5.46. The minimum Gasteiger partial charge on any atom is -0.435 e. The van der Waals surface area contributed by atoms with Gasteiger partial charge in [-0.25, -0.2) is 4.98 Å². The Balaban J connectivity index is 1.68. The van der Waals surface area contributed by atoms with Gasteiger partial charge in [-0.3, -0.25) is 14.2 Å². The Labute approximate surface area is 205 Å². The summed E-state index contributed by atoms with van der Waals surface area (Å²) in [7, 11) is 0. The lowest BCUT2D eigenvalue weighted by molar-refractivity contribution is -0.122. The van der Waals surface area contributed by atoms with Crippen molar-refractivity contribution in [2.24, 2.45) is 0 Å². The number of alkyl halides is 2. The van der Waals surface area contributed by atoms with Crippen molar-refractivity contribution < 1.29 is 18.3 Å². The molecule has 1 atom stereocenters. The molecule has 1 fully saturated rings. The second-order valence-electron chi connectivity index (χ2n) is 8.43. The summed E-state index contributed by atoms with van der Waals surface area (Å²) >= 11 is 1.09. The number of hydrogen-bond acceptors (Lipinski definition) is 6. The topological polar surface area (TPSA) is 97.0 Å². The first kappa shape index (κ1) is 24.7. The molecule has 182 valence electrons. The van der Waals surface area contributed by atoms with E-state index in [0.717, 1.165) is 31.0 Å². The van der Waals surface area contributed by atoms with Gasteiger partial charge < -0.3 is 10.1 Å². The quantitative estimate of drug-likeness (QED) is 0.371. The number of amides is 1. The number of halogens is 2. The summed E-state index contributed by atoms with van der Waals surface area (Å²) < 4.78 is 30.8. The summed E-state index contributed by atoms with van der Waals surface area (Å²) in [5.74, 6) is -0.352. The predicted molar refractivity (Wildman–Crippen MR) is 129 cm³/mol. The normalized spacial score (nSPS) is 16.0. The highest BCUT2D eigenvalue weighted by molar-refractivity contribution is 8.00. The summed E-state index contributed by atoms with van der Waals surface area (Å²) in [6.45, 7) is -1.27. The number of nitriles is 1. The number of thioether (sulfide) groups is 1. The molecule has 35 heavy (non-hydrogen) atoms. The number of hydrogen-bond donors (Lipinski definition) is 1. The molecule has 1 aromatic heterocycles. The number of nitrogens with zero attached hydrogens (tertiary/aromatic N) is 3. The third-order valence-corrected chi connectivity index (χ3v) is 7.05. The van der Waals surface area contributed by atoms with Crippen LogP contribution in [0.25, 0.3) is 16.6 Å². The van der Waals surface area contributed by atoms with Gasteiger partial charge in [-0.1, -0.05) is 43.2 Å². The zero-order valence-electron chi connectivity index (χ0n) is 19.0. The first-order chi connectivity index (χ1) is 16.8. The molecule has 0 saturated heterocycles. The van der Waals surface area contributed by atoms with Crippen LogP contribution >= 0.6 is 11.8 Å². The van der Waals surface area contributed by atoms with Gasteiger partial charge in [0.2, 0.25) is 5.91 Å². The van der Waals surface area contributed by atoms with Gasteiger partial charge in [0.15, 0.2) is 5.16 Å². The van der Waals surface area contributed by atoms with Crippen molar-refractivity contribution in [2.75, 3.05) is 0 Å². The smallest absolute Gasteiger partial charge is 0.387 e. The zero-order valence-corrected chi connectivity index (χ0v) is 19.9. The van der Waals surface area contributed by atoms with Gasteiger partial charge in [0, 0.05) is 0 Å². The van der Waals surface area contributed by atoms with Gasteiger partial charge in [0.25, 0.3) is 5.56 Å². The molecule has 0 bridgehead atoms. The van der Waals surface area contributed by atoms with E-state index in [0.29, 0.717) is 29.4 Å². The highest BCUT2D eigenvalue weighted by Crippen LogP contribution is 2.30. The van der Waals surface area contributed by atoms with Crippen molar-refractivity contribution in [3.63, 3.8) is 0 Å². The third-order valence-electron chi connectivity index (χ3n) is 6.00. The Morgan fingerprint density at radius 3 is 2.51 bits per heavy atom. The molecule has 0 radical (unpaired) electrons. The highest BCUT2D eigenvalue weighted by atomic mass is 32.2. The molecule has 0 aliphatic heterocycles. The molecule has 4 rings (SSSR count). The van der Waals surface area contributed by atoms with Crippen LogP contribution in [0.15, 0.2) is 58.5 Å². The van der Waals surface area contributed by atoms with Crippen LogP contribution < -0.4 is 15.6 Å². The number of rotatable bonds is 7. The van der Waals surface area contributed by atoms with Crippen LogP contribution in [-0.4, -0.2) is 32.9 Å². The number of carbonyl (C=O) groups excluding carboxylic acids is 1.